The number of nitrogens with zero attached hydrogens (tertiary/aromatic N) is 10. The van der Waals surface area contributed by atoms with Gasteiger partial charge in [-0.3, -0.25) is 49.3 Å². The highest BCUT2D eigenvalue weighted by Gasteiger charge is 2.34. The summed E-state index contributed by atoms with van der Waals surface area (Å²) in [6.07, 6.45) is 5.05. The number of carbonyl (C=O) groups is 6. The van der Waals surface area contributed by atoms with Crippen LogP contribution in [0.15, 0.2) is 109 Å². The number of hydrogen-bond donors (Lipinski definition) is 5. The Morgan fingerprint density at radius 1 is 0.622 bits per heavy atom. The minimum absolute atomic E-state index is 0.0387. The predicted octanol–water partition coefficient (Wildman–Crippen LogP) is 8.21. The number of aromatic carboxylic acids is 1. The number of carboxylic acids is 1. The normalized spacial score (nSPS) is 17.9. The molecule has 4 saturated heterocycles. The van der Waals surface area contributed by atoms with Crippen LogP contribution in [0.1, 0.15) is 106 Å². The first-order chi connectivity index (χ1) is 47.7. The molecule has 0 spiro atoms. The maximum atomic E-state index is 13.6. The minimum atomic E-state index is -1.12. The summed E-state index contributed by atoms with van der Waals surface area (Å²) in [4.78, 5) is 93.0. The molecule has 98 heavy (non-hydrogen) atoms. The number of thiazole rings is 1. The van der Waals surface area contributed by atoms with Gasteiger partial charge in [0.05, 0.1) is 64.3 Å². The maximum Gasteiger partial charge on any atom is 0.355 e. The number of rotatable bonds is 22. The lowest BCUT2D eigenvalue weighted by Crippen LogP contribution is -2.47. The Morgan fingerprint density at radius 3 is 1.80 bits per heavy atom. The molecule has 24 nitrogen and oxygen atoms in total. The Hall–Kier alpha value is -9.66. The van der Waals surface area contributed by atoms with Gasteiger partial charge in [-0.1, -0.05) is 47.7 Å². The fraction of sp³-hybridized carbons (Fsp3) is 0.397. The molecule has 5 amide bonds. The lowest BCUT2D eigenvalue weighted by atomic mass is 9.93. The second-order valence-electron chi connectivity index (χ2n) is 25.6. The number of piperazine rings is 2. The largest absolute Gasteiger partial charge is 0.493 e. The molecule has 0 aliphatic carbocycles. The standard InChI is InChI=1S/C53H55N9O7S.C20H27N5O3/c1-33-36(37-17-19-46(55-49(37)52(66)67)62-24-21-34-9-5-11-38(41(34)32-62)50(64)57-53-54-42-12-3-4-14-45(42)70-53)10-6-13-44(33)69-30-8-23-61-27-25-60(26-28-61)22-7-29-68-35-15-16-39-43(31-35)59(2)58-48(39)40-18-20-47(63)56-51(40)65;1-24-17-13-14(28-12-2-9-25-10-7-21-8-11-25)3-4-15(17)19(23-24)16-5-6-18(26)22-20(16)27/h3-6,9-17,19,31,40H,7-8,18,20-30,32H2,1-2H3,(H,66,67)(H,54,57,64)(H,56,63,65);3-4,13,16,21H,2,5-12H2,1H3,(H,22,26,27). The molecule has 5 aliphatic rings. The molecule has 0 saturated carbocycles. The number of nitrogens with one attached hydrogen (secondary N) is 4. The van der Waals surface area contributed by atoms with E-state index in [4.69, 9.17) is 19.2 Å². The Morgan fingerprint density at radius 2 is 1.20 bits per heavy atom. The van der Waals surface area contributed by atoms with E-state index in [2.05, 4.69) is 51.1 Å². The molecule has 14 rings (SSSR count). The van der Waals surface area contributed by atoms with Crippen LogP contribution in [0, 0.1) is 6.92 Å². The number of pyridine rings is 1. The molecule has 5 aliphatic heterocycles. The van der Waals surface area contributed by atoms with Gasteiger partial charge < -0.3 is 44.2 Å². The van der Waals surface area contributed by atoms with Gasteiger partial charge in [0.2, 0.25) is 23.6 Å². The smallest absolute Gasteiger partial charge is 0.355 e. The lowest BCUT2D eigenvalue weighted by Gasteiger charge is -2.34. The third-order valence-electron chi connectivity index (χ3n) is 19.2. The van der Waals surface area contributed by atoms with E-state index in [1.165, 1.54) is 11.3 Å². The number of amides is 5. The highest BCUT2D eigenvalue weighted by atomic mass is 32.1. The summed E-state index contributed by atoms with van der Waals surface area (Å²) in [7, 11) is 3.72. The number of imide groups is 2. The van der Waals surface area contributed by atoms with Gasteiger partial charge in [0.1, 0.15) is 23.1 Å². The third kappa shape index (κ3) is 15.4. The molecule has 510 valence electrons. The number of piperidine rings is 2. The summed E-state index contributed by atoms with van der Waals surface area (Å²) in [5, 5.41) is 33.2. The number of aryl methyl sites for hydroxylation is 2. The number of benzene rings is 5. The minimum Gasteiger partial charge on any atom is -0.493 e. The molecule has 4 fully saturated rings. The molecule has 2 unspecified atom stereocenters. The number of fused-ring (bicyclic) bond motifs is 4. The van der Waals surface area contributed by atoms with E-state index in [0.29, 0.717) is 98.5 Å². The van der Waals surface area contributed by atoms with Crippen LogP contribution in [-0.2, 0) is 46.2 Å². The van der Waals surface area contributed by atoms with Crippen LogP contribution in [0.4, 0.5) is 10.9 Å². The highest BCUT2D eigenvalue weighted by molar-refractivity contribution is 7.22. The van der Waals surface area contributed by atoms with Crippen LogP contribution >= 0.6 is 11.3 Å². The average molecular weight is 1350 g/mol. The molecule has 4 aromatic heterocycles. The zero-order valence-corrected chi connectivity index (χ0v) is 56.3. The highest BCUT2D eigenvalue weighted by Crippen LogP contribution is 2.37. The van der Waals surface area contributed by atoms with Crippen LogP contribution < -0.4 is 40.4 Å². The van der Waals surface area contributed by atoms with E-state index in [1.54, 1.807) is 9.36 Å². The molecule has 9 aromatic rings. The van der Waals surface area contributed by atoms with Crippen molar-refractivity contribution in [1.29, 1.82) is 0 Å². The van der Waals surface area contributed by atoms with Gasteiger partial charge in [-0.05, 0) is 128 Å². The lowest BCUT2D eigenvalue weighted by molar-refractivity contribution is -0.135. The second-order valence-corrected chi connectivity index (χ2v) is 26.6. The topological polar surface area (TPSA) is 273 Å². The third-order valence-corrected chi connectivity index (χ3v) is 20.1. The predicted molar refractivity (Wildman–Crippen MR) is 374 cm³/mol. The molecular weight excluding hydrogens is 1260 g/mol. The number of hydrogen-bond acceptors (Lipinski definition) is 19. The quantitative estimate of drug-likeness (QED) is 0.0316. The van der Waals surface area contributed by atoms with Gasteiger partial charge in [0.15, 0.2) is 10.8 Å². The van der Waals surface area contributed by atoms with Crippen LogP contribution in [0.25, 0.3) is 43.1 Å². The van der Waals surface area contributed by atoms with Gasteiger partial charge in [0, 0.05) is 146 Å². The molecule has 25 heteroatoms. The first-order valence-electron chi connectivity index (χ1n) is 33.9. The van der Waals surface area contributed by atoms with Crippen molar-refractivity contribution in [3.8, 4) is 28.4 Å². The Balaban J connectivity index is 0.000000256. The van der Waals surface area contributed by atoms with Crippen LogP contribution in [0.3, 0.4) is 0 Å². The van der Waals surface area contributed by atoms with E-state index in [0.717, 1.165) is 163 Å². The van der Waals surface area contributed by atoms with E-state index >= 15 is 0 Å². The van der Waals surface area contributed by atoms with Crippen molar-refractivity contribution >= 4 is 89.8 Å². The molecule has 0 bridgehead atoms. The van der Waals surface area contributed by atoms with E-state index in [9.17, 15) is 33.9 Å². The average Bonchev–Trinajstić information content (AvgIpc) is 1.02. The summed E-state index contributed by atoms with van der Waals surface area (Å²) in [5.41, 5.74) is 8.69. The molecule has 5 N–H and O–H groups in total. The van der Waals surface area contributed by atoms with Crippen molar-refractivity contribution < 1.29 is 48.1 Å². The zero-order valence-electron chi connectivity index (χ0n) is 55.5. The molecule has 0 radical (unpaired) electrons. The van der Waals surface area contributed by atoms with Crippen LogP contribution in [0.5, 0.6) is 17.2 Å². The Kier molecular flexibility index (Phi) is 20.8. The van der Waals surface area contributed by atoms with Gasteiger partial charge >= 0.3 is 5.97 Å². The molecular formula is C73H82N14O10S. The van der Waals surface area contributed by atoms with Gasteiger partial charge in [0.25, 0.3) is 5.91 Å². The number of ether oxygens (including phenoxy) is 3. The van der Waals surface area contributed by atoms with Crippen molar-refractivity contribution in [3.05, 3.63) is 149 Å². The zero-order chi connectivity index (χ0) is 67.8. The number of carboxylic acid groups (broad SMARTS) is 1. The molecule has 2 atom stereocenters. The summed E-state index contributed by atoms with van der Waals surface area (Å²) in [5.74, 6) is -0.347. The van der Waals surface area contributed by atoms with E-state index in [-0.39, 0.29) is 41.1 Å². The summed E-state index contributed by atoms with van der Waals surface area (Å²) in [6, 6.07) is 34.7. The second kappa shape index (κ2) is 30.4. The molecule has 9 heterocycles. The number of anilines is 2. The Labute approximate surface area is 571 Å². The van der Waals surface area contributed by atoms with Gasteiger partial charge in [-0.25, -0.2) is 14.8 Å². The fourth-order valence-corrected chi connectivity index (χ4v) is 14.7. The monoisotopic (exact) mass is 1350 g/mol. The summed E-state index contributed by atoms with van der Waals surface area (Å²) >= 11 is 1.43. The van der Waals surface area contributed by atoms with Crippen LogP contribution in [-0.4, -0.2) is 183 Å². The number of aromatic nitrogens is 6. The van der Waals surface area contributed by atoms with Crippen molar-refractivity contribution in [2.24, 2.45) is 14.1 Å². The van der Waals surface area contributed by atoms with Gasteiger partial charge in [-0.15, -0.1) is 0 Å². The fourth-order valence-electron chi connectivity index (χ4n) is 13.9. The summed E-state index contributed by atoms with van der Waals surface area (Å²) < 4.78 is 22.9. The SMILES string of the molecule is Cc1c(OCCCN2CCN(CCCOc3ccc4c(C5CCC(=O)NC5=O)nn(C)c4c3)CC2)cccc1-c1ccc(N2CCc3cccc(C(=O)Nc4nc5ccccc5s4)c3C2)nc1C(=O)O.Cn1nc(C2CCC(=O)NC2=O)c2ccc(OCCCN3CCNCC3)cc21. The Bertz CT molecular complexity index is 4420. The van der Waals surface area contributed by atoms with E-state index < -0.39 is 11.9 Å². The van der Waals surface area contributed by atoms with Crippen molar-refractivity contribution in [3.63, 3.8) is 0 Å². The number of carbonyl (C=O) groups excluding carboxylic acids is 5. The van der Waals surface area contributed by atoms with E-state index in [1.807, 2.05) is 135 Å². The molecule has 5 aromatic carbocycles. The van der Waals surface area contributed by atoms with Crippen molar-refractivity contribution in [2.75, 3.05) is 109 Å². The van der Waals surface area contributed by atoms with Crippen molar-refractivity contribution in [1.82, 2.24) is 60.2 Å². The van der Waals surface area contributed by atoms with Gasteiger partial charge in [-0.2, -0.15) is 10.2 Å². The first kappa shape index (κ1) is 66.9. The maximum absolute atomic E-state index is 13.6. The number of para-hydroxylation sites is 1. The van der Waals surface area contributed by atoms with Crippen molar-refractivity contribution in [2.45, 2.75) is 76.7 Å². The van der Waals surface area contributed by atoms with Crippen LogP contribution in [0.2, 0.25) is 0 Å². The summed E-state index contributed by atoms with van der Waals surface area (Å²) in [6.45, 7) is 16.0. The first-order valence-corrected chi connectivity index (χ1v) is 34.7.